The number of pyridine rings is 1. The number of aliphatic imine (C=N–C) groups is 1. The molecule has 0 amide bonds. The minimum absolute atomic E-state index is 0. The van der Waals surface area contributed by atoms with Crippen LogP contribution in [0.4, 0.5) is 0 Å². The number of aryl methyl sites for hydroxylation is 2. The topological polar surface area (TPSA) is 39.4 Å². The van der Waals surface area contributed by atoms with Crippen molar-refractivity contribution in [3.8, 4) is 28.1 Å². The van der Waals surface area contributed by atoms with Crippen LogP contribution in [0, 0.1) is 26.0 Å². The van der Waals surface area contributed by atoms with E-state index < -0.39 is 5.54 Å². The molecule has 0 bridgehead atoms. The van der Waals surface area contributed by atoms with E-state index in [4.69, 9.17) is 14.7 Å². The number of hydrogen-bond donors (Lipinski definition) is 0. The number of nitrogens with zero attached hydrogens (tertiary/aromatic N) is 3. The molecule has 1 aliphatic carbocycles. The van der Waals surface area contributed by atoms with Gasteiger partial charge in [0.15, 0.2) is 0 Å². The normalized spacial score (nSPS) is 18.8. The summed E-state index contributed by atoms with van der Waals surface area (Å²) in [7, 11) is 0. The van der Waals surface area contributed by atoms with Crippen molar-refractivity contribution in [3.05, 3.63) is 155 Å². The Labute approximate surface area is 333 Å². The summed E-state index contributed by atoms with van der Waals surface area (Å²) in [5.74, 6) is 0.646. The molecule has 0 saturated carbocycles. The molecule has 0 unspecified atom stereocenters. The van der Waals surface area contributed by atoms with Gasteiger partial charge in [0.05, 0.1) is 5.54 Å². The summed E-state index contributed by atoms with van der Waals surface area (Å²) in [6.45, 7) is 18.1. The quantitative estimate of drug-likeness (QED) is 0.165. The Balaban J connectivity index is 0.00000413. The van der Waals surface area contributed by atoms with Gasteiger partial charge in [0.2, 0.25) is 0 Å². The molecule has 5 heteroatoms. The third kappa shape index (κ3) is 5.95. The third-order valence-corrected chi connectivity index (χ3v) is 11.3. The first kappa shape index (κ1) is 36.2. The molecule has 2 aromatic heterocycles. The number of rotatable bonds is 4. The summed E-state index contributed by atoms with van der Waals surface area (Å²) in [5, 5.41) is 2.30. The van der Waals surface area contributed by atoms with E-state index in [0.29, 0.717) is 5.90 Å². The molecule has 5 aromatic carbocycles. The van der Waals surface area contributed by atoms with E-state index >= 15 is 0 Å². The zero-order valence-corrected chi connectivity index (χ0v) is 34.5. The number of para-hydroxylation sites is 1. The molecule has 54 heavy (non-hydrogen) atoms. The maximum atomic E-state index is 7.03. The van der Waals surface area contributed by atoms with E-state index in [2.05, 4.69) is 175 Å². The SMILES string of the molecule is Cc1cc(C)c2c(c1)[C@@H]1OC(c3[c-]c(-n4c5[c-]c(-c6cc(C(C)(C)C)ccn6)ccc5c5ccccc54)cc(-c4ccccc4)c3)=N[C@]1(C)CC2(C)C.[Pt+2]. The minimum Gasteiger partial charge on any atom is -0.510 e. The van der Waals surface area contributed by atoms with Crippen LogP contribution in [0.1, 0.15) is 87.4 Å². The van der Waals surface area contributed by atoms with E-state index in [1.807, 2.05) is 6.20 Å². The molecule has 1 aliphatic heterocycles. The number of ether oxygens (including phenoxy) is 1. The fraction of sp³-hybridized carbons (Fsp3) is 0.265. The second-order valence-corrected chi connectivity index (χ2v) is 17.1. The van der Waals surface area contributed by atoms with Crippen molar-refractivity contribution in [1.82, 2.24) is 9.55 Å². The average Bonchev–Trinajstić information content (AvgIpc) is 3.65. The van der Waals surface area contributed by atoms with Crippen molar-refractivity contribution in [2.75, 3.05) is 0 Å². The van der Waals surface area contributed by atoms with Gasteiger partial charge in [-0.3, -0.25) is 4.99 Å². The summed E-state index contributed by atoms with van der Waals surface area (Å²) in [6.07, 6.45) is 2.64. The second kappa shape index (κ2) is 12.9. The standard InChI is InChI=1S/C49H45N3O.Pt/c1-30-22-31(2)44-40(23-30)45-49(8,29-48(44,6)7)51-46(53-45)35-24-34(32-14-10-9-11-15-32)25-37(26-35)52-42-17-13-12-16-38(42)39-19-18-33(27-43(39)52)41-28-36(20-21-50-41)47(3,4)5;/h9-25,28,45H,29H2,1-8H3;/q-2;+2/t45-,49+;/m0./s1. The van der Waals surface area contributed by atoms with E-state index in [0.717, 1.165) is 56.5 Å². The molecule has 272 valence electrons. The molecule has 3 heterocycles. The molecule has 0 spiro atoms. The zero-order valence-electron chi connectivity index (χ0n) is 32.2. The van der Waals surface area contributed by atoms with E-state index in [-0.39, 0.29) is 38.0 Å². The molecule has 0 fully saturated rings. The van der Waals surface area contributed by atoms with Crippen LogP contribution >= 0.6 is 0 Å². The Bertz CT molecular complexity index is 2630. The first-order chi connectivity index (χ1) is 25.3. The Hall–Kier alpha value is -4.79. The van der Waals surface area contributed by atoms with Gasteiger partial charge in [0, 0.05) is 11.7 Å². The van der Waals surface area contributed by atoms with Crippen LogP contribution in [-0.4, -0.2) is 21.0 Å². The maximum absolute atomic E-state index is 7.03. The van der Waals surface area contributed by atoms with Gasteiger partial charge in [-0.25, -0.2) is 0 Å². The molecule has 7 aromatic rings. The molecule has 0 radical (unpaired) electrons. The van der Waals surface area contributed by atoms with Gasteiger partial charge in [0.25, 0.3) is 0 Å². The van der Waals surface area contributed by atoms with E-state index in [1.54, 1.807) is 0 Å². The first-order valence-corrected chi connectivity index (χ1v) is 18.7. The van der Waals surface area contributed by atoms with Crippen LogP contribution in [-0.2, 0) is 36.6 Å². The molecule has 9 rings (SSSR count). The van der Waals surface area contributed by atoms with Crippen molar-refractivity contribution in [1.29, 1.82) is 0 Å². The molecule has 4 nitrogen and oxygen atoms in total. The average molecular weight is 887 g/mol. The van der Waals surface area contributed by atoms with E-state index in [9.17, 15) is 0 Å². The van der Waals surface area contributed by atoms with Crippen LogP contribution < -0.4 is 0 Å². The Morgan fingerprint density at radius 2 is 1.54 bits per heavy atom. The van der Waals surface area contributed by atoms with Gasteiger partial charge in [-0.15, -0.1) is 42.0 Å². The number of benzene rings is 5. The maximum Gasteiger partial charge on any atom is 2.00 e. The molecular formula is C49H45N3OPt. The largest absolute Gasteiger partial charge is 2.00 e. The molecule has 0 saturated heterocycles. The van der Waals surface area contributed by atoms with Gasteiger partial charge in [-0.1, -0.05) is 123 Å². The summed E-state index contributed by atoms with van der Waals surface area (Å²) in [6, 6.07) is 44.5. The zero-order chi connectivity index (χ0) is 36.9. The molecular weight excluding hydrogens is 842 g/mol. The van der Waals surface area contributed by atoms with Gasteiger partial charge in [0.1, 0.15) is 12.0 Å². The summed E-state index contributed by atoms with van der Waals surface area (Å²) in [4.78, 5) is 10.3. The number of hydrogen-bond acceptors (Lipinski definition) is 3. The monoisotopic (exact) mass is 886 g/mol. The predicted molar refractivity (Wildman–Crippen MR) is 218 cm³/mol. The minimum atomic E-state index is -0.410. The summed E-state index contributed by atoms with van der Waals surface area (Å²) < 4.78 is 9.33. The van der Waals surface area contributed by atoms with Crippen LogP contribution in [0.5, 0.6) is 0 Å². The Morgan fingerprint density at radius 1 is 0.778 bits per heavy atom. The summed E-state index contributed by atoms with van der Waals surface area (Å²) >= 11 is 0. The molecule has 0 N–H and O–H groups in total. The molecule has 2 atom stereocenters. The van der Waals surface area contributed by atoms with Gasteiger partial charge >= 0.3 is 21.1 Å². The van der Waals surface area contributed by atoms with Crippen LogP contribution in [0.2, 0.25) is 0 Å². The Kier molecular flexibility index (Phi) is 8.66. The van der Waals surface area contributed by atoms with Gasteiger partial charge in [-0.05, 0) is 100 Å². The van der Waals surface area contributed by atoms with Crippen molar-refractivity contribution < 1.29 is 25.8 Å². The van der Waals surface area contributed by atoms with E-state index in [1.165, 1.54) is 33.2 Å². The van der Waals surface area contributed by atoms with Crippen LogP contribution in [0.15, 0.2) is 114 Å². The Morgan fingerprint density at radius 3 is 2.31 bits per heavy atom. The third-order valence-electron chi connectivity index (χ3n) is 11.3. The second-order valence-electron chi connectivity index (χ2n) is 17.1. The van der Waals surface area contributed by atoms with Crippen molar-refractivity contribution in [3.63, 3.8) is 0 Å². The fourth-order valence-corrected chi connectivity index (χ4v) is 9.25. The fourth-order valence-electron chi connectivity index (χ4n) is 9.25. The van der Waals surface area contributed by atoms with Gasteiger partial charge < -0.3 is 14.3 Å². The van der Waals surface area contributed by atoms with Crippen molar-refractivity contribution >= 4 is 27.7 Å². The number of fused-ring (bicyclic) bond motifs is 6. The smallest absolute Gasteiger partial charge is 0.510 e. The first-order valence-electron chi connectivity index (χ1n) is 18.7. The van der Waals surface area contributed by atoms with Crippen LogP contribution in [0.3, 0.4) is 0 Å². The molecule has 2 aliphatic rings. The predicted octanol–water partition coefficient (Wildman–Crippen LogP) is 12.0. The summed E-state index contributed by atoms with van der Waals surface area (Å²) in [5.41, 5.74) is 13.9. The van der Waals surface area contributed by atoms with Crippen LogP contribution in [0.25, 0.3) is 49.9 Å². The van der Waals surface area contributed by atoms with Gasteiger partial charge in [-0.2, -0.15) is 0 Å². The van der Waals surface area contributed by atoms with Crippen molar-refractivity contribution in [2.45, 2.75) is 84.3 Å². The number of aromatic nitrogens is 2. The van der Waals surface area contributed by atoms with Crippen molar-refractivity contribution in [2.24, 2.45) is 4.99 Å².